The molecule has 1 aliphatic heterocycles. The number of nitrogens with zero attached hydrogens (tertiary/aromatic N) is 4. The largest absolute Gasteiger partial charge is 0.375 e. The van der Waals surface area contributed by atoms with Crippen LogP contribution in [0.4, 0.5) is 5.69 Å². The van der Waals surface area contributed by atoms with Crippen LogP contribution >= 0.6 is 12.2 Å². The number of carbonyl (C=O) groups is 1. The van der Waals surface area contributed by atoms with Gasteiger partial charge in [0.15, 0.2) is 4.77 Å². The predicted molar refractivity (Wildman–Crippen MR) is 114 cm³/mol. The monoisotopic (exact) mass is 399 g/mol. The Bertz CT molecular complexity index is 875. The van der Waals surface area contributed by atoms with E-state index in [-0.39, 0.29) is 5.91 Å². The molecule has 1 aromatic carbocycles. The summed E-state index contributed by atoms with van der Waals surface area (Å²) < 4.78 is 2.95. The van der Waals surface area contributed by atoms with E-state index in [0.29, 0.717) is 12.0 Å². The van der Waals surface area contributed by atoms with E-state index in [1.165, 1.54) is 12.8 Å². The van der Waals surface area contributed by atoms with E-state index in [1.807, 2.05) is 29.2 Å². The Labute approximate surface area is 171 Å². The van der Waals surface area contributed by atoms with E-state index in [9.17, 15) is 4.79 Å². The third-order valence-corrected chi connectivity index (χ3v) is 6.19. The molecule has 0 bridgehead atoms. The van der Waals surface area contributed by atoms with Gasteiger partial charge in [-0.1, -0.05) is 6.92 Å². The topological polar surface area (TPSA) is 57.2 Å². The normalized spacial score (nSPS) is 17.7. The Morgan fingerprint density at radius 2 is 1.89 bits per heavy atom. The minimum atomic E-state index is 0.129. The lowest BCUT2D eigenvalue weighted by atomic mass is 9.95. The lowest BCUT2D eigenvalue weighted by molar-refractivity contribution is 0.0710. The summed E-state index contributed by atoms with van der Waals surface area (Å²) in [5.41, 5.74) is 1.92. The van der Waals surface area contributed by atoms with Crippen molar-refractivity contribution in [3.05, 3.63) is 40.4 Å². The van der Waals surface area contributed by atoms with Gasteiger partial charge in [0, 0.05) is 49.9 Å². The summed E-state index contributed by atoms with van der Waals surface area (Å²) in [4.78, 5) is 17.1. The molecule has 1 N–H and O–H groups in total. The van der Waals surface area contributed by atoms with Crippen LogP contribution in [-0.4, -0.2) is 52.3 Å². The number of piperidine rings is 1. The fourth-order valence-electron chi connectivity index (χ4n) is 4.14. The maximum absolute atomic E-state index is 12.9. The van der Waals surface area contributed by atoms with Crippen molar-refractivity contribution in [1.29, 1.82) is 0 Å². The lowest BCUT2D eigenvalue weighted by Gasteiger charge is -2.32. The molecule has 0 spiro atoms. The van der Waals surface area contributed by atoms with E-state index in [0.717, 1.165) is 60.7 Å². The van der Waals surface area contributed by atoms with Gasteiger partial charge in [0.25, 0.3) is 5.91 Å². The van der Waals surface area contributed by atoms with Crippen molar-refractivity contribution in [1.82, 2.24) is 19.7 Å². The first-order valence-electron chi connectivity index (χ1n) is 10.4. The predicted octanol–water partition coefficient (Wildman–Crippen LogP) is 4.14. The molecule has 28 heavy (non-hydrogen) atoms. The molecule has 2 fully saturated rings. The van der Waals surface area contributed by atoms with E-state index in [2.05, 4.69) is 33.6 Å². The number of aromatic amines is 1. The van der Waals surface area contributed by atoms with Crippen molar-refractivity contribution < 1.29 is 4.79 Å². The van der Waals surface area contributed by atoms with Crippen LogP contribution in [0, 0.1) is 4.77 Å². The van der Waals surface area contributed by atoms with Gasteiger partial charge < -0.3 is 14.4 Å². The second-order valence-corrected chi connectivity index (χ2v) is 8.41. The van der Waals surface area contributed by atoms with E-state index >= 15 is 0 Å². The maximum Gasteiger partial charge on any atom is 0.253 e. The SMILES string of the molecule is CCCN(C)c1ccc(C(=O)N2CCC(c3n[nH]c(=S)n3C3CC3)CC2)cc1. The second-order valence-electron chi connectivity index (χ2n) is 8.02. The van der Waals surface area contributed by atoms with E-state index in [4.69, 9.17) is 12.2 Å². The third kappa shape index (κ3) is 3.85. The van der Waals surface area contributed by atoms with Gasteiger partial charge in [0.2, 0.25) is 0 Å². The second kappa shape index (κ2) is 8.07. The molecule has 0 radical (unpaired) electrons. The minimum Gasteiger partial charge on any atom is -0.375 e. The number of rotatable bonds is 6. The van der Waals surface area contributed by atoms with Gasteiger partial charge in [-0.2, -0.15) is 5.10 Å². The zero-order chi connectivity index (χ0) is 19.7. The molecule has 1 aliphatic carbocycles. The van der Waals surface area contributed by atoms with Crippen LogP contribution in [0.25, 0.3) is 0 Å². The molecule has 0 atom stereocenters. The van der Waals surface area contributed by atoms with Crippen molar-refractivity contribution >= 4 is 23.8 Å². The number of hydrogen-bond acceptors (Lipinski definition) is 4. The number of carbonyl (C=O) groups excluding carboxylic acids is 1. The number of H-pyrrole nitrogens is 1. The number of nitrogens with one attached hydrogen (secondary N) is 1. The molecule has 1 aromatic heterocycles. The molecular formula is C21H29N5OS. The maximum atomic E-state index is 12.9. The highest BCUT2D eigenvalue weighted by atomic mass is 32.1. The average Bonchev–Trinajstić information content (AvgIpc) is 3.49. The lowest BCUT2D eigenvalue weighted by Crippen LogP contribution is -2.38. The first kappa shape index (κ1) is 19.2. The quantitative estimate of drug-likeness (QED) is 0.742. The van der Waals surface area contributed by atoms with Crippen LogP contribution in [0.5, 0.6) is 0 Å². The van der Waals surface area contributed by atoms with Gasteiger partial charge in [0.1, 0.15) is 5.82 Å². The Hall–Kier alpha value is -2.15. The molecule has 7 heteroatoms. The molecule has 1 saturated carbocycles. The summed E-state index contributed by atoms with van der Waals surface area (Å²) in [6.45, 7) is 4.72. The Balaban J connectivity index is 1.38. The van der Waals surface area contributed by atoms with Crippen LogP contribution in [-0.2, 0) is 0 Å². The summed E-state index contributed by atoms with van der Waals surface area (Å²) in [5.74, 6) is 1.59. The zero-order valence-corrected chi connectivity index (χ0v) is 17.5. The number of anilines is 1. The molecule has 6 nitrogen and oxygen atoms in total. The van der Waals surface area contributed by atoms with Gasteiger partial charge in [-0.05, 0) is 68.6 Å². The van der Waals surface area contributed by atoms with Crippen molar-refractivity contribution in [3.8, 4) is 0 Å². The van der Waals surface area contributed by atoms with Crippen molar-refractivity contribution in [2.45, 2.75) is 51.0 Å². The van der Waals surface area contributed by atoms with Gasteiger partial charge in [0.05, 0.1) is 0 Å². The summed E-state index contributed by atoms with van der Waals surface area (Å²) in [5, 5.41) is 7.48. The van der Waals surface area contributed by atoms with Crippen LogP contribution < -0.4 is 4.90 Å². The standard InChI is InChI=1S/C21H29N5OS/c1-3-12-24(2)17-6-4-16(5-7-17)20(27)25-13-10-15(11-14-25)19-22-23-21(28)26(19)18-8-9-18/h4-7,15,18H,3,8-14H2,1-2H3,(H,23,28). The summed E-state index contributed by atoms with van der Waals surface area (Å²) in [6.07, 6.45) is 5.38. The smallest absolute Gasteiger partial charge is 0.253 e. The number of aromatic nitrogens is 3. The molecule has 0 unspecified atom stereocenters. The Kier molecular flexibility index (Phi) is 5.53. The highest BCUT2D eigenvalue weighted by molar-refractivity contribution is 7.71. The van der Waals surface area contributed by atoms with Crippen LogP contribution in [0.1, 0.15) is 67.2 Å². The Morgan fingerprint density at radius 1 is 1.21 bits per heavy atom. The van der Waals surface area contributed by atoms with Gasteiger partial charge in [-0.25, -0.2) is 0 Å². The van der Waals surface area contributed by atoms with Crippen molar-refractivity contribution in [2.24, 2.45) is 0 Å². The van der Waals surface area contributed by atoms with E-state index < -0.39 is 0 Å². The summed E-state index contributed by atoms with van der Waals surface area (Å²) in [7, 11) is 2.09. The highest BCUT2D eigenvalue weighted by Crippen LogP contribution is 2.39. The molecular weight excluding hydrogens is 370 g/mol. The fourth-order valence-corrected chi connectivity index (χ4v) is 4.43. The molecule has 1 saturated heterocycles. The van der Waals surface area contributed by atoms with Crippen LogP contribution in [0.2, 0.25) is 0 Å². The highest BCUT2D eigenvalue weighted by Gasteiger charge is 2.32. The molecule has 1 amide bonds. The van der Waals surface area contributed by atoms with E-state index in [1.54, 1.807) is 0 Å². The molecule has 4 rings (SSSR count). The number of hydrogen-bond donors (Lipinski definition) is 1. The Morgan fingerprint density at radius 3 is 2.50 bits per heavy atom. The molecule has 150 valence electrons. The number of amides is 1. The van der Waals surface area contributed by atoms with Crippen LogP contribution in [0.15, 0.2) is 24.3 Å². The summed E-state index contributed by atoms with van der Waals surface area (Å²) >= 11 is 5.41. The molecule has 2 heterocycles. The number of likely N-dealkylation sites (tertiary alicyclic amines) is 1. The van der Waals surface area contributed by atoms with Crippen molar-refractivity contribution in [2.75, 3.05) is 31.6 Å². The van der Waals surface area contributed by atoms with Gasteiger partial charge in [-0.15, -0.1) is 0 Å². The third-order valence-electron chi connectivity index (χ3n) is 5.91. The van der Waals surface area contributed by atoms with Gasteiger partial charge in [-0.3, -0.25) is 9.89 Å². The van der Waals surface area contributed by atoms with Crippen molar-refractivity contribution in [3.63, 3.8) is 0 Å². The summed E-state index contributed by atoms with van der Waals surface area (Å²) in [6, 6.07) is 8.53. The first-order chi connectivity index (χ1) is 13.6. The molecule has 2 aromatic rings. The van der Waals surface area contributed by atoms with Crippen LogP contribution in [0.3, 0.4) is 0 Å². The average molecular weight is 400 g/mol. The number of benzene rings is 1. The zero-order valence-electron chi connectivity index (χ0n) is 16.7. The minimum absolute atomic E-state index is 0.129. The molecule has 2 aliphatic rings. The van der Waals surface area contributed by atoms with Gasteiger partial charge >= 0.3 is 0 Å². The fraction of sp³-hybridized carbons (Fsp3) is 0.571. The first-order valence-corrected chi connectivity index (χ1v) is 10.8.